The first-order chi connectivity index (χ1) is 12.9. The molecule has 2 rings (SSSR count). The number of carbonyl (C=O) groups excluding carboxylic acids is 2. The van der Waals surface area contributed by atoms with Crippen LogP contribution >= 0.6 is 24.0 Å². The smallest absolute Gasteiger partial charge is 0.241 e. The Morgan fingerprint density at radius 1 is 1.21 bits per heavy atom. The van der Waals surface area contributed by atoms with Crippen molar-refractivity contribution in [2.75, 3.05) is 38.6 Å². The minimum absolute atomic E-state index is 0. The number of guanidine groups is 1. The maximum Gasteiger partial charge on any atom is 0.241 e. The minimum Gasteiger partial charge on any atom is -0.356 e. The zero-order valence-electron chi connectivity index (χ0n) is 17.2. The third kappa shape index (κ3) is 7.65. The molecule has 1 aliphatic rings. The number of carbonyl (C=O) groups is 2. The first-order valence-corrected chi connectivity index (χ1v) is 9.48. The van der Waals surface area contributed by atoms with Crippen LogP contribution in [0.15, 0.2) is 29.3 Å². The summed E-state index contributed by atoms with van der Waals surface area (Å²) in [5.41, 5.74) is 1.99. The Hall–Kier alpha value is -1.84. The van der Waals surface area contributed by atoms with E-state index in [1.807, 2.05) is 29.2 Å². The Kier molecular flexibility index (Phi) is 10.3. The Labute approximate surface area is 185 Å². The van der Waals surface area contributed by atoms with Crippen molar-refractivity contribution < 1.29 is 9.59 Å². The zero-order chi connectivity index (χ0) is 19.8. The lowest BCUT2D eigenvalue weighted by Gasteiger charge is -2.17. The predicted octanol–water partition coefficient (Wildman–Crippen LogP) is 2.21. The van der Waals surface area contributed by atoms with Crippen LogP contribution in [0, 0.1) is 5.92 Å². The topological polar surface area (TPSA) is 77.0 Å². The van der Waals surface area contributed by atoms with E-state index in [0.717, 1.165) is 30.8 Å². The number of amides is 2. The SMILES string of the molecule is CC(C)CNC(=NCc1ccc(N2CCCC2=O)cc1)NCC(=O)N(C)C.I. The van der Waals surface area contributed by atoms with Gasteiger partial charge in [0.05, 0.1) is 13.1 Å². The van der Waals surface area contributed by atoms with Crippen molar-refractivity contribution in [3.05, 3.63) is 29.8 Å². The Balaban J connectivity index is 0.00000392. The third-order valence-corrected chi connectivity index (χ3v) is 4.32. The molecule has 0 aromatic heterocycles. The molecule has 7 nitrogen and oxygen atoms in total. The van der Waals surface area contributed by atoms with Crippen LogP contribution in [0.2, 0.25) is 0 Å². The van der Waals surface area contributed by atoms with Crippen LogP contribution in [-0.2, 0) is 16.1 Å². The average Bonchev–Trinajstić information content (AvgIpc) is 3.07. The van der Waals surface area contributed by atoms with Gasteiger partial charge in [-0.25, -0.2) is 4.99 Å². The molecule has 0 unspecified atom stereocenters. The summed E-state index contributed by atoms with van der Waals surface area (Å²) < 4.78 is 0. The Bertz CT molecular complexity index is 674. The fourth-order valence-electron chi connectivity index (χ4n) is 2.67. The largest absolute Gasteiger partial charge is 0.356 e. The van der Waals surface area contributed by atoms with Gasteiger partial charge in [-0.3, -0.25) is 9.59 Å². The van der Waals surface area contributed by atoms with Gasteiger partial charge in [0.1, 0.15) is 0 Å². The first kappa shape index (κ1) is 24.2. The second-order valence-corrected chi connectivity index (χ2v) is 7.40. The summed E-state index contributed by atoms with van der Waals surface area (Å²) in [7, 11) is 3.46. The van der Waals surface area contributed by atoms with E-state index < -0.39 is 0 Å². The van der Waals surface area contributed by atoms with Crippen LogP contribution < -0.4 is 15.5 Å². The van der Waals surface area contributed by atoms with Gasteiger partial charge in [-0.05, 0) is 30.0 Å². The molecule has 156 valence electrons. The highest BCUT2D eigenvalue weighted by Gasteiger charge is 2.21. The molecule has 0 saturated carbocycles. The normalized spacial score (nSPS) is 14.1. The fourth-order valence-corrected chi connectivity index (χ4v) is 2.67. The van der Waals surface area contributed by atoms with Crippen LogP contribution in [0.4, 0.5) is 5.69 Å². The van der Waals surface area contributed by atoms with E-state index in [4.69, 9.17) is 0 Å². The van der Waals surface area contributed by atoms with Crippen molar-refractivity contribution in [3.63, 3.8) is 0 Å². The quantitative estimate of drug-likeness (QED) is 0.341. The van der Waals surface area contributed by atoms with Gasteiger partial charge in [0, 0.05) is 39.3 Å². The molecule has 1 aromatic carbocycles. The number of benzene rings is 1. The Morgan fingerprint density at radius 3 is 2.43 bits per heavy atom. The van der Waals surface area contributed by atoms with Crippen molar-refractivity contribution in [1.82, 2.24) is 15.5 Å². The Morgan fingerprint density at radius 2 is 1.89 bits per heavy atom. The standard InChI is InChI=1S/C20H31N5O2.HI/c1-15(2)12-21-20(23-14-19(27)24(3)4)22-13-16-7-9-17(10-8-16)25-11-5-6-18(25)26;/h7-10,15H,5-6,11-14H2,1-4H3,(H2,21,22,23);1H. The molecule has 2 amide bonds. The predicted molar refractivity (Wildman–Crippen MR) is 124 cm³/mol. The molecule has 0 radical (unpaired) electrons. The van der Waals surface area contributed by atoms with E-state index >= 15 is 0 Å². The maximum atomic E-state index is 11.8. The lowest BCUT2D eigenvalue weighted by Crippen LogP contribution is -2.44. The van der Waals surface area contributed by atoms with Gasteiger partial charge in [0.25, 0.3) is 0 Å². The number of nitrogens with one attached hydrogen (secondary N) is 2. The number of likely N-dealkylation sites (N-methyl/N-ethyl adjacent to an activating group) is 1. The summed E-state index contributed by atoms with van der Waals surface area (Å²) in [5, 5.41) is 6.34. The van der Waals surface area contributed by atoms with E-state index in [-0.39, 0.29) is 42.3 Å². The van der Waals surface area contributed by atoms with Crippen molar-refractivity contribution in [3.8, 4) is 0 Å². The van der Waals surface area contributed by atoms with Gasteiger partial charge in [-0.2, -0.15) is 0 Å². The molecule has 1 saturated heterocycles. The molecule has 1 aliphatic heterocycles. The van der Waals surface area contributed by atoms with E-state index in [1.165, 1.54) is 0 Å². The third-order valence-electron chi connectivity index (χ3n) is 4.32. The highest BCUT2D eigenvalue weighted by Crippen LogP contribution is 2.21. The van der Waals surface area contributed by atoms with Crippen LogP contribution in [0.25, 0.3) is 0 Å². The van der Waals surface area contributed by atoms with Crippen LogP contribution in [-0.4, -0.2) is 56.4 Å². The number of rotatable bonds is 7. The molecular weight excluding hydrogens is 469 g/mol. The van der Waals surface area contributed by atoms with Crippen molar-refractivity contribution >= 4 is 47.4 Å². The molecule has 1 fully saturated rings. The number of anilines is 1. The second-order valence-electron chi connectivity index (χ2n) is 7.40. The molecule has 0 atom stereocenters. The number of hydrogen-bond donors (Lipinski definition) is 2. The van der Waals surface area contributed by atoms with Gasteiger partial charge >= 0.3 is 0 Å². The average molecular weight is 501 g/mol. The van der Waals surface area contributed by atoms with Gasteiger partial charge in [0.15, 0.2) is 5.96 Å². The molecule has 28 heavy (non-hydrogen) atoms. The molecule has 2 N–H and O–H groups in total. The summed E-state index contributed by atoms with van der Waals surface area (Å²) in [6.45, 7) is 6.51. The summed E-state index contributed by atoms with van der Waals surface area (Å²) in [4.78, 5) is 31.6. The molecule has 1 aromatic rings. The molecular formula is C20H32IN5O2. The molecule has 0 bridgehead atoms. The van der Waals surface area contributed by atoms with Gasteiger partial charge in [-0.15, -0.1) is 24.0 Å². The number of nitrogens with zero attached hydrogens (tertiary/aromatic N) is 3. The van der Waals surface area contributed by atoms with E-state index in [2.05, 4.69) is 29.5 Å². The monoisotopic (exact) mass is 501 g/mol. The van der Waals surface area contributed by atoms with E-state index in [9.17, 15) is 9.59 Å². The van der Waals surface area contributed by atoms with Crippen LogP contribution in [0.5, 0.6) is 0 Å². The van der Waals surface area contributed by atoms with Crippen LogP contribution in [0.3, 0.4) is 0 Å². The zero-order valence-corrected chi connectivity index (χ0v) is 19.5. The summed E-state index contributed by atoms with van der Waals surface area (Å²) in [5.74, 6) is 1.28. The van der Waals surface area contributed by atoms with E-state index in [1.54, 1.807) is 19.0 Å². The van der Waals surface area contributed by atoms with Crippen molar-refractivity contribution in [2.24, 2.45) is 10.9 Å². The molecule has 8 heteroatoms. The number of hydrogen-bond acceptors (Lipinski definition) is 3. The second kappa shape index (κ2) is 11.9. The first-order valence-electron chi connectivity index (χ1n) is 9.48. The number of aliphatic imine (C=N–C) groups is 1. The fraction of sp³-hybridized carbons (Fsp3) is 0.550. The van der Waals surface area contributed by atoms with Gasteiger partial charge in [-0.1, -0.05) is 26.0 Å². The summed E-state index contributed by atoms with van der Waals surface area (Å²) in [6.07, 6.45) is 1.56. The summed E-state index contributed by atoms with van der Waals surface area (Å²) in [6, 6.07) is 7.93. The number of halogens is 1. The van der Waals surface area contributed by atoms with Crippen molar-refractivity contribution in [1.29, 1.82) is 0 Å². The highest BCUT2D eigenvalue weighted by atomic mass is 127. The lowest BCUT2D eigenvalue weighted by atomic mass is 10.2. The van der Waals surface area contributed by atoms with E-state index in [0.29, 0.717) is 24.8 Å². The van der Waals surface area contributed by atoms with Crippen LogP contribution in [0.1, 0.15) is 32.3 Å². The summed E-state index contributed by atoms with van der Waals surface area (Å²) >= 11 is 0. The molecule has 0 aliphatic carbocycles. The molecule has 1 heterocycles. The van der Waals surface area contributed by atoms with Crippen molar-refractivity contribution in [2.45, 2.75) is 33.2 Å². The minimum atomic E-state index is -0.00585. The van der Waals surface area contributed by atoms with Gasteiger partial charge in [0.2, 0.25) is 11.8 Å². The maximum absolute atomic E-state index is 11.8. The van der Waals surface area contributed by atoms with Gasteiger partial charge < -0.3 is 20.4 Å². The highest BCUT2D eigenvalue weighted by molar-refractivity contribution is 14.0. The lowest BCUT2D eigenvalue weighted by molar-refractivity contribution is -0.127. The molecule has 0 spiro atoms.